The van der Waals surface area contributed by atoms with Gasteiger partial charge in [-0.15, -0.1) is 0 Å². The van der Waals surface area contributed by atoms with E-state index in [9.17, 15) is 0 Å². The van der Waals surface area contributed by atoms with Crippen molar-refractivity contribution in [1.29, 1.82) is 0 Å². The molecule has 2 heterocycles. The van der Waals surface area contributed by atoms with E-state index in [4.69, 9.17) is 16.0 Å². The van der Waals surface area contributed by atoms with Crippen molar-refractivity contribution in [3.8, 4) is 11.3 Å². The summed E-state index contributed by atoms with van der Waals surface area (Å²) in [4.78, 5) is 4.42. The van der Waals surface area contributed by atoms with E-state index >= 15 is 0 Å². The predicted molar refractivity (Wildman–Crippen MR) is 73.9 cm³/mol. The monoisotopic (exact) mass is 257 g/mol. The average molecular weight is 258 g/mol. The van der Waals surface area contributed by atoms with Gasteiger partial charge in [0.25, 0.3) is 0 Å². The van der Waals surface area contributed by atoms with Crippen molar-refractivity contribution < 1.29 is 4.42 Å². The fourth-order valence-corrected chi connectivity index (χ4v) is 2.26. The predicted octanol–water partition coefficient (Wildman–Crippen LogP) is 4.77. The van der Waals surface area contributed by atoms with Crippen molar-refractivity contribution in [1.82, 2.24) is 4.98 Å². The zero-order valence-corrected chi connectivity index (χ0v) is 11.0. The molecular formula is C15H12ClNO. The number of aromatic nitrogens is 1. The Hall–Kier alpha value is -1.80. The number of fused-ring (bicyclic) bond motifs is 1. The molecule has 3 aromatic rings. The van der Waals surface area contributed by atoms with Gasteiger partial charge in [0.15, 0.2) is 5.58 Å². The van der Waals surface area contributed by atoms with Crippen molar-refractivity contribution in [3.63, 3.8) is 0 Å². The Morgan fingerprint density at radius 1 is 1.06 bits per heavy atom. The molecule has 0 saturated carbocycles. The van der Waals surface area contributed by atoms with Gasteiger partial charge in [0.1, 0.15) is 11.3 Å². The lowest BCUT2D eigenvalue weighted by molar-refractivity contribution is 0.631. The summed E-state index contributed by atoms with van der Waals surface area (Å²) in [7, 11) is 0. The van der Waals surface area contributed by atoms with Crippen LogP contribution in [0.1, 0.15) is 11.3 Å². The van der Waals surface area contributed by atoms with Crippen molar-refractivity contribution in [2.24, 2.45) is 0 Å². The normalized spacial score (nSPS) is 11.1. The smallest absolute Gasteiger partial charge is 0.171 e. The maximum Gasteiger partial charge on any atom is 0.171 e. The number of nitrogens with zero attached hydrogens (tertiary/aromatic N) is 1. The Bertz CT molecular complexity index is 713. The minimum absolute atomic E-state index is 0.607. The topological polar surface area (TPSA) is 26.0 Å². The molecule has 0 N–H and O–H groups in total. The van der Waals surface area contributed by atoms with Gasteiger partial charge >= 0.3 is 0 Å². The summed E-state index contributed by atoms with van der Waals surface area (Å²) < 4.78 is 5.79. The summed E-state index contributed by atoms with van der Waals surface area (Å²) in [5.41, 5.74) is 4.60. The van der Waals surface area contributed by atoms with Gasteiger partial charge in [0, 0.05) is 17.3 Å². The summed E-state index contributed by atoms with van der Waals surface area (Å²) in [6.07, 6.45) is 0. The van der Waals surface area contributed by atoms with E-state index in [0.717, 1.165) is 22.5 Å². The Balaban J connectivity index is 2.19. The summed E-state index contributed by atoms with van der Waals surface area (Å²) in [5.74, 6) is 0.796. The van der Waals surface area contributed by atoms with Gasteiger partial charge in [-0.3, -0.25) is 0 Å². The summed E-state index contributed by atoms with van der Waals surface area (Å²) in [6.45, 7) is 3.98. The van der Waals surface area contributed by atoms with Crippen LogP contribution in [0.2, 0.25) is 5.02 Å². The third-order valence-electron chi connectivity index (χ3n) is 2.90. The highest BCUT2D eigenvalue weighted by Crippen LogP contribution is 2.31. The third kappa shape index (κ3) is 1.89. The van der Waals surface area contributed by atoms with Crippen LogP contribution in [0.5, 0.6) is 0 Å². The van der Waals surface area contributed by atoms with Gasteiger partial charge in [-0.2, -0.15) is 0 Å². The second-order valence-electron chi connectivity index (χ2n) is 4.44. The van der Waals surface area contributed by atoms with E-state index in [0.29, 0.717) is 10.6 Å². The molecule has 0 unspecified atom stereocenters. The fourth-order valence-electron chi connectivity index (χ4n) is 1.97. The van der Waals surface area contributed by atoms with Crippen LogP contribution in [0, 0.1) is 13.8 Å². The molecule has 2 nitrogen and oxygen atoms in total. The largest absolute Gasteiger partial charge is 0.453 e. The molecule has 1 aromatic carbocycles. The molecule has 0 saturated heterocycles. The molecule has 0 aliphatic carbocycles. The van der Waals surface area contributed by atoms with Crippen LogP contribution in [0.3, 0.4) is 0 Å². The number of benzene rings is 1. The van der Waals surface area contributed by atoms with Crippen LogP contribution < -0.4 is 0 Å². The average Bonchev–Trinajstić information content (AvgIpc) is 2.74. The Morgan fingerprint density at radius 3 is 2.50 bits per heavy atom. The minimum Gasteiger partial charge on any atom is -0.453 e. The second kappa shape index (κ2) is 4.14. The zero-order chi connectivity index (χ0) is 12.7. The molecule has 0 aliphatic heterocycles. The first kappa shape index (κ1) is 11.3. The van der Waals surface area contributed by atoms with Crippen molar-refractivity contribution in [3.05, 3.63) is 52.7 Å². The standard InChI is InChI=1S/C15H12ClNO/c1-9-3-5-11(6-4-9)14-8-13-15(18-14)12(16)7-10(2)17-13/h3-8H,1-2H3. The number of aryl methyl sites for hydroxylation is 2. The fraction of sp³-hybridized carbons (Fsp3) is 0.133. The van der Waals surface area contributed by atoms with Gasteiger partial charge in [0.2, 0.25) is 0 Å². The molecule has 0 radical (unpaired) electrons. The number of halogens is 1. The summed E-state index contributed by atoms with van der Waals surface area (Å²) in [5, 5.41) is 0.607. The summed E-state index contributed by atoms with van der Waals surface area (Å²) >= 11 is 6.15. The van der Waals surface area contributed by atoms with Gasteiger partial charge in [-0.05, 0) is 19.9 Å². The molecule has 3 rings (SSSR count). The van der Waals surface area contributed by atoms with E-state index in [2.05, 4.69) is 24.0 Å². The number of furan rings is 1. The van der Waals surface area contributed by atoms with Crippen LogP contribution >= 0.6 is 11.6 Å². The molecule has 90 valence electrons. The highest BCUT2D eigenvalue weighted by molar-refractivity contribution is 6.34. The first-order valence-corrected chi connectivity index (χ1v) is 6.15. The van der Waals surface area contributed by atoms with E-state index in [1.165, 1.54) is 5.56 Å². The van der Waals surface area contributed by atoms with Crippen LogP contribution in [-0.2, 0) is 0 Å². The van der Waals surface area contributed by atoms with Crippen molar-refractivity contribution >= 4 is 22.7 Å². The lowest BCUT2D eigenvalue weighted by Gasteiger charge is -1.97. The first-order valence-electron chi connectivity index (χ1n) is 5.77. The lowest BCUT2D eigenvalue weighted by Crippen LogP contribution is -1.79. The molecule has 0 fully saturated rings. The summed E-state index contributed by atoms with van der Waals surface area (Å²) in [6, 6.07) is 11.9. The Morgan fingerprint density at radius 2 is 1.78 bits per heavy atom. The van der Waals surface area contributed by atoms with Crippen LogP contribution in [0.15, 0.2) is 40.8 Å². The van der Waals surface area contributed by atoms with E-state index in [-0.39, 0.29) is 0 Å². The lowest BCUT2D eigenvalue weighted by atomic mass is 10.1. The van der Waals surface area contributed by atoms with E-state index in [1.54, 1.807) is 0 Å². The number of hydrogen-bond acceptors (Lipinski definition) is 2. The third-order valence-corrected chi connectivity index (χ3v) is 3.18. The number of pyridine rings is 1. The molecule has 0 spiro atoms. The van der Waals surface area contributed by atoms with Crippen LogP contribution in [0.25, 0.3) is 22.4 Å². The zero-order valence-electron chi connectivity index (χ0n) is 10.2. The van der Waals surface area contributed by atoms with Gasteiger partial charge < -0.3 is 4.42 Å². The van der Waals surface area contributed by atoms with Gasteiger partial charge in [-0.25, -0.2) is 4.98 Å². The molecule has 0 amide bonds. The molecule has 0 aliphatic rings. The SMILES string of the molecule is Cc1ccc(-c2cc3nc(C)cc(Cl)c3o2)cc1. The number of rotatable bonds is 1. The molecule has 3 heteroatoms. The highest BCUT2D eigenvalue weighted by atomic mass is 35.5. The molecule has 0 atom stereocenters. The highest BCUT2D eigenvalue weighted by Gasteiger charge is 2.10. The second-order valence-corrected chi connectivity index (χ2v) is 4.84. The van der Waals surface area contributed by atoms with Gasteiger partial charge in [0.05, 0.1) is 5.02 Å². The Labute approximate surface area is 110 Å². The maximum absolute atomic E-state index is 6.15. The maximum atomic E-state index is 6.15. The first-order chi connectivity index (χ1) is 8.63. The molecule has 18 heavy (non-hydrogen) atoms. The van der Waals surface area contributed by atoms with Crippen LogP contribution in [0.4, 0.5) is 0 Å². The quantitative estimate of drug-likeness (QED) is 0.628. The number of hydrogen-bond donors (Lipinski definition) is 0. The van der Waals surface area contributed by atoms with Crippen LogP contribution in [-0.4, -0.2) is 4.98 Å². The van der Waals surface area contributed by atoms with Crippen molar-refractivity contribution in [2.45, 2.75) is 13.8 Å². The minimum atomic E-state index is 0.607. The van der Waals surface area contributed by atoms with E-state index in [1.807, 2.05) is 31.2 Å². The molecular weight excluding hydrogens is 246 g/mol. The van der Waals surface area contributed by atoms with Crippen molar-refractivity contribution in [2.75, 3.05) is 0 Å². The molecule has 2 aromatic heterocycles. The Kier molecular flexibility index (Phi) is 2.60. The van der Waals surface area contributed by atoms with Gasteiger partial charge in [-0.1, -0.05) is 41.4 Å². The molecule has 0 bridgehead atoms. The van der Waals surface area contributed by atoms with E-state index < -0.39 is 0 Å².